The number of nitrogens with one attached hydrogen (secondary N) is 1. The lowest BCUT2D eigenvalue weighted by Gasteiger charge is -2.00. The van der Waals surface area contributed by atoms with Crippen molar-refractivity contribution in [3.8, 4) is 0 Å². The second-order valence-electron chi connectivity index (χ2n) is 4.76. The number of halogens is 1. The molecule has 1 heterocycles. The molecule has 1 aliphatic carbocycles. The van der Waals surface area contributed by atoms with Crippen LogP contribution in [-0.4, -0.2) is 11.0 Å². The number of hydrogen-bond donors (Lipinski definition) is 2. The third kappa shape index (κ3) is 8.59. The highest BCUT2D eigenvalue weighted by molar-refractivity contribution is 9.10. The minimum atomic E-state index is -0.545. The lowest BCUT2D eigenvalue weighted by molar-refractivity contribution is 0.248. The molecule has 0 radical (unpaired) electrons. The zero-order chi connectivity index (χ0) is 14.1. The van der Waals surface area contributed by atoms with E-state index in [9.17, 15) is 4.79 Å². The normalized spacial score (nSPS) is 13.4. The molecule has 0 atom stereocenters. The van der Waals surface area contributed by atoms with E-state index < -0.39 is 6.03 Å². The van der Waals surface area contributed by atoms with Crippen molar-refractivity contribution in [2.24, 2.45) is 11.7 Å². The fraction of sp³-hybridized carbons (Fsp3) is 0.571. The van der Waals surface area contributed by atoms with Gasteiger partial charge >= 0.3 is 6.03 Å². The van der Waals surface area contributed by atoms with Gasteiger partial charge in [-0.05, 0) is 34.0 Å². The van der Waals surface area contributed by atoms with E-state index >= 15 is 0 Å². The molecule has 0 spiro atoms. The van der Waals surface area contributed by atoms with Gasteiger partial charge in [-0.1, -0.05) is 45.1 Å². The fourth-order valence-corrected chi connectivity index (χ4v) is 2.01. The molecule has 106 valence electrons. The minimum Gasteiger partial charge on any atom is -0.352 e. The summed E-state index contributed by atoms with van der Waals surface area (Å²) in [4.78, 5) is 14.4. The standard InChI is InChI=1S/C7H8BrN3O.C7H14/c8-6-3-1-2-5(11-6)4-10-7(9)12;1-2-3-4-7-5-6-7/h1-3H,4H2,(H3,9,10,12);7H,2-6H2,1H3. The van der Waals surface area contributed by atoms with Crippen LogP contribution in [0.4, 0.5) is 4.79 Å². The Balaban J connectivity index is 0.000000218. The topological polar surface area (TPSA) is 68.0 Å². The molecule has 0 saturated heterocycles. The molecule has 2 rings (SSSR count). The van der Waals surface area contributed by atoms with Gasteiger partial charge in [-0.2, -0.15) is 0 Å². The Morgan fingerprint density at radius 1 is 1.53 bits per heavy atom. The molecule has 1 aromatic rings. The lowest BCUT2D eigenvalue weighted by Crippen LogP contribution is -2.28. The summed E-state index contributed by atoms with van der Waals surface area (Å²) in [6, 6.07) is 4.92. The molecule has 2 amide bonds. The fourth-order valence-electron chi connectivity index (χ4n) is 1.63. The molecule has 3 N–H and O–H groups in total. The highest BCUT2D eigenvalue weighted by Crippen LogP contribution is 2.33. The molecule has 19 heavy (non-hydrogen) atoms. The number of carbonyl (C=O) groups excluding carboxylic acids is 1. The molecule has 1 fully saturated rings. The summed E-state index contributed by atoms with van der Waals surface area (Å²) < 4.78 is 0.742. The number of aromatic nitrogens is 1. The Morgan fingerprint density at radius 2 is 2.26 bits per heavy atom. The third-order valence-electron chi connectivity index (χ3n) is 2.88. The molecule has 5 heteroatoms. The van der Waals surface area contributed by atoms with Gasteiger partial charge in [0.2, 0.25) is 0 Å². The summed E-state index contributed by atoms with van der Waals surface area (Å²) in [5.41, 5.74) is 5.66. The van der Waals surface area contributed by atoms with Crippen LogP contribution in [0.5, 0.6) is 0 Å². The molecule has 0 bridgehead atoms. The van der Waals surface area contributed by atoms with Crippen molar-refractivity contribution >= 4 is 22.0 Å². The van der Waals surface area contributed by atoms with E-state index in [-0.39, 0.29) is 0 Å². The molecular formula is C14H22BrN3O. The molecule has 1 aliphatic rings. The van der Waals surface area contributed by atoms with Crippen LogP contribution in [0.3, 0.4) is 0 Å². The van der Waals surface area contributed by atoms with Crippen molar-refractivity contribution in [1.29, 1.82) is 0 Å². The van der Waals surface area contributed by atoms with Crippen LogP contribution in [0.1, 0.15) is 44.7 Å². The van der Waals surface area contributed by atoms with E-state index in [0.717, 1.165) is 16.2 Å². The number of rotatable bonds is 5. The lowest BCUT2D eigenvalue weighted by atomic mass is 10.2. The molecule has 0 aliphatic heterocycles. The van der Waals surface area contributed by atoms with E-state index in [1.165, 1.54) is 32.1 Å². The van der Waals surface area contributed by atoms with Gasteiger partial charge in [-0.3, -0.25) is 0 Å². The Bertz CT molecular complexity index is 394. The Hall–Kier alpha value is -1.10. The summed E-state index contributed by atoms with van der Waals surface area (Å²) in [5, 5.41) is 2.44. The number of nitrogens with two attached hydrogens (primary N) is 1. The largest absolute Gasteiger partial charge is 0.352 e. The average Bonchev–Trinajstić information content (AvgIpc) is 3.19. The van der Waals surface area contributed by atoms with Gasteiger partial charge < -0.3 is 11.1 Å². The Kier molecular flexibility index (Phi) is 7.48. The summed E-state index contributed by atoms with van der Waals surface area (Å²) in [5.74, 6) is 1.15. The number of carbonyl (C=O) groups is 1. The molecule has 0 unspecified atom stereocenters. The van der Waals surface area contributed by atoms with Gasteiger partial charge in [0.1, 0.15) is 4.60 Å². The first-order valence-corrected chi connectivity index (χ1v) is 7.55. The van der Waals surface area contributed by atoms with E-state index in [1.54, 1.807) is 6.07 Å². The summed E-state index contributed by atoms with van der Waals surface area (Å²) in [6.07, 6.45) is 7.41. The summed E-state index contributed by atoms with van der Waals surface area (Å²) in [6.45, 7) is 2.62. The van der Waals surface area contributed by atoms with Crippen molar-refractivity contribution in [1.82, 2.24) is 10.3 Å². The van der Waals surface area contributed by atoms with Crippen LogP contribution in [0.25, 0.3) is 0 Å². The van der Waals surface area contributed by atoms with Crippen LogP contribution in [0, 0.1) is 5.92 Å². The van der Waals surface area contributed by atoms with Gasteiger partial charge in [-0.25, -0.2) is 9.78 Å². The van der Waals surface area contributed by atoms with E-state index in [0.29, 0.717) is 6.54 Å². The number of unbranched alkanes of at least 4 members (excludes halogenated alkanes) is 1. The van der Waals surface area contributed by atoms with Crippen molar-refractivity contribution in [3.63, 3.8) is 0 Å². The first-order chi connectivity index (χ1) is 9.11. The van der Waals surface area contributed by atoms with Gasteiger partial charge in [-0.15, -0.1) is 0 Å². The second kappa shape index (κ2) is 8.91. The van der Waals surface area contributed by atoms with Crippen molar-refractivity contribution in [2.75, 3.05) is 0 Å². The highest BCUT2D eigenvalue weighted by atomic mass is 79.9. The van der Waals surface area contributed by atoms with Crippen LogP contribution in [0.2, 0.25) is 0 Å². The number of urea groups is 1. The van der Waals surface area contributed by atoms with E-state index in [4.69, 9.17) is 5.73 Å². The zero-order valence-corrected chi connectivity index (χ0v) is 12.9. The van der Waals surface area contributed by atoms with Crippen LogP contribution in [-0.2, 0) is 6.54 Å². The summed E-state index contributed by atoms with van der Waals surface area (Å²) >= 11 is 3.21. The van der Waals surface area contributed by atoms with E-state index in [2.05, 4.69) is 33.2 Å². The Labute approximate surface area is 123 Å². The first-order valence-electron chi connectivity index (χ1n) is 6.76. The van der Waals surface area contributed by atoms with Crippen molar-refractivity contribution < 1.29 is 4.79 Å². The van der Waals surface area contributed by atoms with E-state index in [1.807, 2.05) is 12.1 Å². The maximum Gasteiger partial charge on any atom is 0.312 e. The number of hydrogen-bond acceptors (Lipinski definition) is 2. The highest BCUT2D eigenvalue weighted by Gasteiger charge is 2.19. The SMILES string of the molecule is CCCCC1CC1.NC(=O)NCc1cccc(Br)n1. The molecular weight excluding hydrogens is 306 g/mol. The molecule has 4 nitrogen and oxygen atoms in total. The number of pyridine rings is 1. The molecule has 1 aromatic heterocycles. The average molecular weight is 328 g/mol. The second-order valence-corrected chi connectivity index (χ2v) is 5.57. The van der Waals surface area contributed by atoms with Gasteiger partial charge in [0.25, 0.3) is 0 Å². The first kappa shape index (κ1) is 16.0. The Morgan fingerprint density at radius 3 is 2.79 bits per heavy atom. The van der Waals surface area contributed by atoms with Crippen LogP contribution < -0.4 is 11.1 Å². The number of nitrogens with zero attached hydrogens (tertiary/aromatic N) is 1. The predicted octanol–water partition coefficient (Wildman–Crippen LogP) is 3.60. The predicted molar refractivity (Wildman–Crippen MR) is 80.6 cm³/mol. The zero-order valence-electron chi connectivity index (χ0n) is 11.4. The van der Waals surface area contributed by atoms with Gasteiger partial charge in [0.15, 0.2) is 0 Å². The molecule has 0 aromatic carbocycles. The van der Waals surface area contributed by atoms with Crippen molar-refractivity contribution in [3.05, 3.63) is 28.5 Å². The maximum absolute atomic E-state index is 10.3. The quantitative estimate of drug-likeness (QED) is 0.811. The number of primary amides is 1. The van der Waals surface area contributed by atoms with Gasteiger partial charge in [0, 0.05) is 0 Å². The summed E-state index contributed by atoms with van der Waals surface area (Å²) in [7, 11) is 0. The monoisotopic (exact) mass is 327 g/mol. The van der Waals surface area contributed by atoms with Gasteiger partial charge in [0.05, 0.1) is 12.2 Å². The van der Waals surface area contributed by atoms with Crippen LogP contribution in [0.15, 0.2) is 22.8 Å². The van der Waals surface area contributed by atoms with Crippen molar-refractivity contribution in [2.45, 2.75) is 45.6 Å². The number of amides is 2. The van der Waals surface area contributed by atoms with Crippen LogP contribution >= 0.6 is 15.9 Å². The smallest absolute Gasteiger partial charge is 0.312 e. The molecule has 1 saturated carbocycles. The maximum atomic E-state index is 10.3. The minimum absolute atomic E-state index is 0.356. The third-order valence-corrected chi connectivity index (χ3v) is 3.32.